The largest absolute Gasteiger partial charge is 0.365 e. The Morgan fingerprint density at radius 2 is 1.79 bits per heavy atom. The molecule has 0 atom stereocenters. The summed E-state index contributed by atoms with van der Waals surface area (Å²) < 4.78 is 0. The molecule has 5 heteroatoms. The van der Waals surface area contributed by atoms with Crippen LogP contribution in [0.5, 0.6) is 0 Å². The molecule has 0 bridgehead atoms. The summed E-state index contributed by atoms with van der Waals surface area (Å²) in [6.07, 6.45) is 4.01. The molecule has 3 rings (SSSR count). The fourth-order valence-electron chi connectivity index (χ4n) is 3.11. The monoisotopic (exact) mass is 342 g/mol. The van der Waals surface area contributed by atoms with Gasteiger partial charge in [0.05, 0.1) is 5.56 Å². The van der Waals surface area contributed by atoms with E-state index in [4.69, 9.17) is 5.73 Å². The van der Waals surface area contributed by atoms with Gasteiger partial charge in [0, 0.05) is 10.4 Å². The Labute approximate surface area is 146 Å². The van der Waals surface area contributed by atoms with Crippen LogP contribution >= 0.6 is 11.3 Å². The summed E-state index contributed by atoms with van der Waals surface area (Å²) in [5.74, 6) is -0.237. The van der Waals surface area contributed by atoms with Gasteiger partial charge in [-0.3, -0.25) is 9.59 Å². The van der Waals surface area contributed by atoms with Crippen molar-refractivity contribution in [3.05, 3.63) is 51.4 Å². The summed E-state index contributed by atoms with van der Waals surface area (Å²) in [6.45, 7) is 4.23. The predicted molar refractivity (Wildman–Crippen MR) is 98.0 cm³/mol. The van der Waals surface area contributed by atoms with E-state index in [2.05, 4.69) is 19.2 Å². The van der Waals surface area contributed by atoms with Gasteiger partial charge in [-0.05, 0) is 54.9 Å². The first-order valence-electron chi connectivity index (χ1n) is 8.33. The fourth-order valence-corrected chi connectivity index (χ4v) is 4.40. The van der Waals surface area contributed by atoms with Gasteiger partial charge in [-0.1, -0.05) is 26.0 Å². The van der Waals surface area contributed by atoms with Crippen LogP contribution in [0.2, 0.25) is 0 Å². The number of hydrogen-bond donors (Lipinski definition) is 2. The lowest BCUT2D eigenvalue weighted by Gasteiger charge is -2.11. The maximum Gasteiger partial charge on any atom is 0.256 e. The van der Waals surface area contributed by atoms with E-state index in [0.29, 0.717) is 22.0 Å². The lowest BCUT2D eigenvalue weighted by molar-refractivity contribution is 0.100. The number of fused-ring (bicyclic) bond motifs is 1. The molecule has 1 heterocycles. The third kappa shape index (κ3) is 3.22. The van der Waals surface area contributed by atoms with E-state index < -0.39 is 5.91 Å². The Hall–Kier alpha value is -2.14. The first-order valence-corrected chi connectivity index (χ1v) is 9.14. The Morgan fingerprint density at radius 3 is 2.42 bits per heavy atom. The van der Waals surface area contributed by atoms with Gasteiger partial charge in [-0.15, -0.1) is 11.3 Å². The molecule has 0 saturated carbocycles. The molecule has 3 N–H and O–H groups in total. The maximum atomic E-state index is 12.5. The molecule has 2 amide bonds. The number of carbonyl (C=O) groups excluding carboxylic acids is 2. The molecule has 24 heavy (non-hydrogen) atoms. The van der Waals surface area contributed by atoms with Crippen molar-refractivity contribution >= 4 is 28.2 Å². The molecular weight excluding hydrogens is 320 g/mol. The van der Waals surface area contributed by atoms with Crippen molar-refractivity contribution in [3.8, 4) is 0 Å². The first kappa shape index (κ1) is 16.7. The number of amides is 2. The number of rotatable bonds is 4. The van der Waals surface area contributed by atoms with Crippen LogP contribution in [0.3, 0.4) is 0 Å². The normalized spacial score (nSPS) is 13.6. The minimum Gasteiger partial charge on any atom is -0.365 e. The Balaban J connectivity index is 1.86. The van der Waals surface area contributed by atoms with Crippen molar-refractivity contribution in [2.45, 2.75) is 45.4 Å². The zero-order valence-electron chi connectivity index (χ0n) is 14.0. The van der Waals surface area contributed by atoms with Crippen molar-refractivity contribution in [1.82, 2.24) is 0 Å². The molecule has 0 radical (unpaired) electrons. The summed E-state index contributed by atoms with van der Waals surface area (Å²) >= 11 is 1.49. The van der Waals surface area contributed by atoms with Crippen molar-refractivity contribution in [2.75, 3.05) is 5.32 Å². The Morgan fingerprint density at radius 1 is 1.12 bits per heavy atom. The molecule has 0 spiro atoms. The van der Waals surface area contributed by atoms with Gasteiger partial charge in [0.1, 0.15) is 5.00 Å². The second kappa shape index (κ2) is 6.77. The van der Waals surface area contributed by atoms with E-state index in [-0.39, 0.29) is 5.91 Å². The quantitative estimate of drug-likeness (QED) is 0.878. The van der Waals surface area contributed by atoms with Crippen LogP contribution in [0.15, 0.2) is 24.3 Å². The van der Waals surface area contributed by atoms with Gasteiger partial charge in [0.2, 0.25) is 0 Å². The van der Waals surface area contributed by atoms with Gasteiger partial charge < -0.3 is 11.1 Å². The van der Waals surface area contributed by atoms with Crippen LogP contribution in [-0.4, -0.2) is 11.8 Å². The first-order chi connectivity index (χ1) is 11.5. The van der Waals surface area contributed by atoms with Crippen LogP contribution < -0.4 is 11.1 Å². The van der Waals surface area contributed by atoms with Gasteiger partial charge >= 0.3 is 0 Å². The number of anilines is 1. The van der Waals surface area contributed by atoms with E-state index in [1.165, 1.54) is 21.8 Å². The number of nitrogens with one attached hydrogen (secondary N) is 1. The predicted octanol–water partition coefficient (Wildman–Crippen LogP) is 4.10. The van der Waals surface area contributed by atoms with E-state index in [1.54, 1.807) is 0 Å². The van der Waals surface area contributed by atoms with Crippen molar-refractivity contribution in [3.63, 3.8) is 0 Å². The Bertz CT molecular complexity index is 775. The van der Waals surface area contributed by atoms with Gasteiger partial charge in [-0.2, -0.15) is 0 Å². The van der Waals surface area contributed by atoms with Crippen LogP contribution in [-0.2, 0) is 12.8 Å². The number of nitrogens with two attached hydrogens (primary N) is 1. The molecule has 1 aromatic carbocycles. The summed E-state index contributed by atoms with van der Waals surface area (Å²) in [5, 5.41) is 3.48. The van der Waals surface area contributed by atoms with Gasteiger partial charge in [0.15, 0.2) is 0 Å². The highest BCUT2D eigenvalue weighted by molar-refractivity contribution is 7.17. The van der Waals surface area contributed by atoms with E-state index in [9.17, 15) is 9.59 Å². The molecule has 0 aliphatic heterocycles. The third-order valence-corrected chi connectivity index (χ3v) is 5.69. The SMILES string of the molecule is CC(C)c1ccc(C(=O)Nc2sc3c(c2C(N)=O)CCCC3)cc1. The second-order valence-electron chi connectivity index (χ2n) is 6.51. The maximum absolute atomic E-state index is 12.5. The minimum atomic E-state index is -0.458. The van der Waals surface area contributed by atoms with Crippen molar-refractivity contribution in [1.29, 1.82) is 0 Å². The zero-order valence-corrected chi connectivity index (χ0v) is 14.8. The molecule has 2 aromatic rings. The van der Waals surface area contributed by atoms with E-state index in [1.807, 2.05) is 24.3 Å². The van der Waals surface area contributed by atoms with Crippen molar-refractivity contribution in [2.24, 2.45) is 5.73 Å². The summed E-state index contributed by atoms with van der Waals surface area (Å²) in [4.78, 5) is 25.6. The van der Waals surface area contributed by atoms with Crippen LogP contribution in [0.25, 0.3) is 0 Å². The highest BCUT2D eigenvalue weighted by Gasteiger charge is 2.25. The number of carbonyl (C=O) groups is 2. The molecule has 1 aliphatic rings. The number of benzene rings is 1. The summed E-state index contributed by atoms with van der Waals surface area (Å²) in [7, 11) is 0. The van der Waals surface area contributed by atoms with Gasteiger partial charge in [0.25, 0.3) is 11.8 Å². The summed E-state index contributed by atoms with van der Waals surface area (Å²) in [6, 6.07) is 7.58. The van der Waals surface area contributed by atoms with Crippen LogP contribution in [0.1, 0.15) is 69.3 Å². The molecule has 1 aliphatic carbocycles. The molecule has 1 aromatic heterocycles. The third-order valence-electron chi connectivity index (χ3n) is 4.48. The lowest BCUT2D eigenvalue weighted by Crippen LogP contribution is -2.18. The number of aryl methyl sites for hydroxylation is 1. The minimum absolute atomic E-state index is 0.202. The molecule has 4 nitrogen and oxygen atoms in total. The second-order valence-corrected chi connectivity index (χ2v) is 7.62. The van der Waals surface area contributed by atoms with Gasteiger partial charge in [-0.25, -0.2) is 0 Å². The molecular formula is C19H22N2O2S. The molecule has 0 unspecified atom stereocenters. The summed E-state index contributed by atoms with van der Waals surface area (Å²) in [5.41, 5.74) is 8.88. The highest BCUT2D eigenvalue weighted by atomic mass is 32.1. The molecule has 0 saturated heterocycles. The van der Waals surface area contributed by atoms with Crippen molar-refractivity contribution < 1.29 is 9.59 Å². The molecule has 0 fully saturated rings. The topological polar surface area (TPSA) is 72.2 Å². The number of hydrogen-bond acceptors (Lipinski definition) is 3. The van der Waals surface area contributed by atoms with E-state index >= 15 is 0 Å². The molecule has 126 valence electrons. The highest BCUT2D eigenvalue weighted by Crippen LogP contribution is 2.38. The number of thiophene rings is 1. The lowest BCUT2D eigenvalue weighted by atomic mass is 9.95. The van der Waals surface area contributed by atoms with E-state index in [0.717, 1.165) is 31.2 Å². The zero-order chi connectivity index (χ0) is 17.3. The van der Waals surface area contributed by atoms with Crippen LogP contribution in [0, 0.1) is 0 Å². The smallest absolute Gasteiger partial charge is 0.256 e. The Kier molecular flexibility index (Phi) is 4.71. The standard InChI is InChI=1S/C19H22N2O2S/c1-11(2)12-7-9-13(10-8-12)18(23)21-19-16(17(20)22)14-5-3-4-6-15(14)24-19/h7-11H,3-6H2,1-2H3,(H2,20,22)(H,21,23). The fraction of sp³-hybridized carbons (Fsp3) is 0.368. The average Bonchev–Trinajstić information content (AvgIpc) is 2.92. The average molecular weight is 342 g/mol. The van der Waals surface area contributed by atoms with Crippen LogP contribution in [0.4, 0.5) is 5.00 Å². The number of primary amides is 1.